The summed E-state index contributed by atoms with van der Waals surface area (Å²) in [5.41, 5.74) is 9.32. The number of allylic oxidation sites excluding steroid dienone is 1. The van der Waals surface area contributed by atoms with E-state index < -0.39 is 22.2 Å². The van der Waals surface area contributed by atoms with Gasteiger partial charge in [0.15, 0.2) is 0 Å². The molecule has 0 aromatic carbocycles. The Morgan fingerprint density at radius 1 is 0.889 bits per heavy atom. The number of carbonyl (C=O) groups is 3. The van der Waals surface area contributed by atoms with Gasteiger partial charge in [0.25, 0.3) is 0 Å². The van der Waals surface area contributed by atoms with Gasteiger partial charge >= 0.3 is 17.9 Å². The number of hydrogen-bond acceptors (Lipinski definition) is 12. The van der Waals surface area contributed by atoms with Crippen molar-refractivity contribution in [3.8, 4) is 0 Å². The SMILES string of the molecule is C=CC1CC1(POOOON)C(=O)OCC.C=C[C@@H]1C[C@]1(N)C(=O)OCC.C=C[C@H]1C[C@@]1(N)C(=O)O. The first-order valence-corrected chi connectivity index (χ1v) is 12.0. The molecule has 3 unspecified atom stereocenters. The van der Waals surface area contributed by atoms with Gasteiger partial charge in [0.2, 0.25) is 0 Å². The fourth-order valence-electron chi connectivity index (χ4n) is 3.29. The molecular weight excluding hydrogens is 497 g/mol. The zero-order chi connectivity index (χ0) is 27.6. The molecule has 3 rings (SSSR count). The molecule has 7 N–H and O–H groups in total. The van der Waals surface area contributed by atoms with Crippen LogP contribution >= 0.6 is 8.81 Å². The largest absolute Gasteiger partial charge is 0.480 e. The molecule has 3 saturated carbocycles. The molecule has 0 bridgehead atoms. The number of esters is 2. The quantitative estimate of drug-likeness (QED) is 0.0656. The average molecular weight is 534 g/mol. The highest BCUT2D eigenvalue weighted by atomic mass is 31.1. The van der Waals surface area contributed by atoms with E-state index in [0.717, 1.165) is 0 Å². The van der Waals surface area contributed by atoms with E-state index in [0.29, 0.717) is 32.5 Å². The maximum atomic E-state index is 11.7. The summed E-state index contributed by atoms with van der Waals surface area (Å²) in [5, 5.41) is 15.7. The molecule has 0 aromatic heterocycles. The van der Waals surface area contributed by atoms with E-state index in [4.69, 9.17) is 26.0 Å². The lowest BCUT2D eigenvalue weighted by atomic mass is 10.2. The zero-order valence-electron chi connectivity index (χ0n) is 20.5. The van der Waals surface area contributed by atoms with Crippen LogP contribution in [0.15, 0.2) is 38.0 Å². The fraction of sp³-hybridized carbons (Fsp3) is 0.591. The second-order valence-electron chi connectivity index (χ2n) is 8.35. The molecule has 0 spiro atoms. The van der Waals surface area contributed by atoms with Crippen LogP contribution in [0.4, 0.5) is 0 Å². The third kappa shape index (κ3) is 7.89. The summed E-state index contributed by atoms with van der Waals surface area (Å²) in [4.78, 5) is 36.7. The number of rotatable bonds is 13. The van der Waals surface area contributed by atoms with Gasteiger partial charge in [0, 0.05) is 17.8 Å². The lowest BCUT2D eigenvalue weighted by Gasteiger charge is -2.12. The standard InChI is InChI=1S/C8H14NO6P.C8H13NO2.C6H9NO2/c1-3-6-5-8(6,7(10)11-4-2)16-15-14-13-12-9;1-3-6-5-8(6,9)7(10)11-4-2;1-2-4-3-6(4,7)5(8)9/h3,6,16H,1,4-5,9H2,2H3;3,6H,1,4-5,9H2,2H3;2,4H,1,3,7H2,(H,8,9)/t;6-,8-;4-,6-/m.10/s1. The molecule has 0 aliphatic heterocycles. The van der Waals surface area contributed by atoms with Gasteiger partial charge in [-0.1, -0.05) is 18.2 Å². The molecule has 0 saturated heterocycles. The van der Waals surface area contributed by atoms with Gasteiger partial charge in [0.05, 0.1) is 22.0 Å². The molecule has 3 aliphatic carbocycles. The smallest absolute Gasteiger partial charge is 0.326 e. The van der Waals surface area contributed by atoms with Crippen LogP contribution in [0, 0.1) is 17.8 Å². The van der Waals surface area contributed by atoms with Crippen molar-refractivity contribution in [2.75, 3.05) is 13.2 Å². The first kappa shape index (κ1) is 31.8. The van der Waals surface area contributed by atoms with Crippen molar-refractivity contribution in [2.24, 2.45) is 35.1 Å². The van der Waals surface area contributed by atoms with Gasteiger partial charge in [-0.25, -0.2) is 0 Å². The number of carboxylic acid groups (broad SMARTS) is 1. The van der Waals surface area contributed by atoms with E-state index in [1.807, 2.05) is 0 Å². The Labute approximate surface area is 211 Å². The Morgan fingerprint density at radius 3 is 1.75 bits per heavy atom. The van der Waals surface area contributed by atoms with Crippen LogP contribution in [-0.4, -0.2) is 52.5 Å². The molecular formula is C22H36N3O10P. The summed E-state index contributed by atoms with van der Waals surface area (Å²) in [7, 11) is -0.271. The predicted molar refractivity (Wildman–Crippen MR) is 129 cm³/mol. The molecule has 36 heavy (non-hydrogen) atoms. The lowest BCUT2D eigenvalue weighted by molar-refractivity contribution is -0.609. The van der Waals surface area contributed by atoms with Gasteiger partial charge in [-0.05, 0) is 43.2 Å². The molecule has 0 amide bonds. The average Bonchev–Trinajstić information content (AvgIpc) is 3.78. The molecule has 13 nitrogen and oxygen atoms in total. The van der Waals surface area contributed by atoms with Crippen LogP contribution in [-0.2, 0) is 43.6 Å². The minimum absolute atomic E-state index is 0.0185. The summed E-state index contributed by atoms with van der Waals surface area (Å²) >= 11 is 0. The maximum Gasteiger partial charge on any atom is 0.326 e. The van der Waals surface area contributed by atoms with Crippen molar-refractivity contribution >= 4 is 26.7 Å². The van der Waals surface area contributed by atoms with Crippen LogP contribution < -0.4 is 17.4 Å². The summed E-state index contributed by atoms with van der Waals surface area (Å²) in [5.74, 6) is 3.10. The number of ether oxygens (including phenoxy) is 2. The Hall–Kier alpha value is -2.22. The highest BCUT2D eigenvalue weighted by Gasteiger charge is 2.61. The summed E-state index contributed by atoms with van der Waals surface area (Å²) in [6.07, 6.45) is 6.82. The summed E-state index contributed by atoms with van der Waals surface area (Å²) in [6, 6.07) is 0. The summed E-state index contributed by atoms with van der Waals surface area (Å²) in [6.45, 7) is 14.9. The second-order valence-corrected chi connectivity index (χ2v) is 9.62. The van der Waals surface area contributed by atoms with Crippen LogP contribution in [0.25, 0.3) is 0 Å². The van der Waals surface area contributed by atoms with Crippen LogP contribution in [0.5, 0.6) is 0 Å². The normalized spacial score (nSPS) is 33.1. The Kier molecular flexibility index (Phi) is 12.3. The van der Waals surface area contributed by atoms with Gasteiger partial charge in [-0.3, -0.25) is 14.4 Å². The predicted octanol–water partition coefficient (Wildman–Crippen LogP) is 1.20. The van der Waals surface area contributed by atoms with Crippen molar-refractivity contribution in [1.29, 1.82) is 0 Å². The Balaban J connectivity index is 0.000000283. The van der Waals surface area contributed by atoms with Crippen molar-refractivity contribution in [3.63, 3.8) is 0 Å². The van der Waals surface area contributed by atoms with Crippen LogP contribution in [0.1, 0.15) is 33.1 Å². The fourth-order valence-corrected chi connectivity index (χ4v) is 4.23. The van der Waals surface area contributed by atoms with Gasteiger partial charge in [-0.2, -0.15) is 10.6 Å². The molecule has 0 radical (unpaired) electrons. The topological polar surface area (TPSA) is 205 Å². The molecule has 0 heterocycles. The van der Waals surface area contributed by atoms with E-state index in [-0.39, 0.29) is 38.5 Å². The first-order chi connectivity index (χ1) is 17.0. The van der Waals surface area contributed by atoms with Crippen molar-refractivity contribution < 1.29 is 48.7 Å². The van der Waals surface area contributed by atoms with Gasteiger partial charge in [-0.15, -0.1) is 24.7 Å². The van der Waals surface area contributed by atoms with E-state index in [1.54, 1.807) is 32.1 Å². The van der Waals surface area contributed by atoms with Crippen molar-refractivity contribution in [1.82, 2.24) is 0 Å². The highest BCUT2D eigenvalue weighted by Crippen LogP contribution is 2.59. The first-order valence-electron chi connectivity index (χ1n) is 11.1. The van der Waals surface area contributed by atoms with Crippen LogP contribution in [0.3, 0.4) is 0 Å². The number of carbonyl (C=O) groups excluding carboxylic acids is 2. The van der Waals surface area contributed by atoms with E-state index in [2.05, 4.69) is 45.4 Å². The molecule has 0 aromatic rings. The minimum Gasteiger partial charge on any atom is -0.480 e. The van der Waals surface area contributed by atoms with E-state index in [9.17, 15) is 14.4 Å². The Bertz CT molecular complexity index is 830. The zero-order valence-corrected chi connectivity index (χ0v) is 21.5. The third-order valence-corrected chi connectivity index (χ3v) is 7.30. The van der Waals surface area contributed by atoms with Crippen LogP contribution in [0.2, 0.25) is 0 Å². The summed E-state index contributed by atoms with van der Waals surface area (Å²) < 4.78 is 14.4. The Morgan fingerprint density at radius 2 is 1.39 bits per heavy atom. The van der Waals surface area contributed by atoms with Crippen molar-refractivity contribution in [3.05, 3.63) is 38.0 Å². The number of carboxylic acids is 1. The molecule has 204 valence electrons. The molecule has 3 fully saturated rings. The number of hydrogen-bond donors (Lipinski definition) is 4. The van der Waals surface area contributed by atoms with E-state index >= 15 is 0 Å². The number of aliphatic carboxylic acids is 1. The lowest BCUT2D eigenvalue weighted by Crippen LogP contribution is -2.36. The molecule has 7 atom stereocenters. The monoisotopic (exact) mass is 533 g/mol. The highest BCUT2D eigenvalue weighted by molar-refractivity contribution is 7.36. The van der Waals surface area contributed by atoms with Gasteiger partial charge < -0.3 is 26.0 Å². The second kappa shape index (κ2) is 13.9. The minimum atomic E-state index is -0.984. The van der Waals surface area contributed by atoms with Crippen molar-refractivity contribution in [2.45, 2.75) is 49.3 Å². The van der Waals surface area contributed by atoms with Gasteiger partial charge in [0.1, 0.15) is 16.2 Å². The van der Waals surface area contributed by atoms with E-state index in [1.165, 1.54) is 0 Å². The molecule has 14 heteroatoms. The third-order valence-electron chi connectivity index (χ3n) is 6.00. The molecule has 3 aliphatic rings. The number of nitrogens with two attached hydrogens (primary N) is 3. The maximum absolute atomic E-state index is 11.7.